The molecule has 0 bridgehead atoms. The maximum absolute atomic E-state index is 12.2. The Morgan fingerprint density at radius 2 is 1.95 bits per heavy atom. The predicted octanol–water partition coefficient (Wildman–Crippen LogP) is 2.96. The Bertz CT molecular complexity index is 305. The third-order valence-electron chi connectivity index (χ3n) is 4.19. The molecule has 0 spiro atoms. The number of rotatable bonds is 12. The van der Waals surface area contributed by atoms with Gasteiger partial charge in [-0.2, -0.15) is 0 Å². The minimum absolute atomic E-state index is 0.105. The molecule has 4 nitrogen and oxygen atoms in total. The molecule has 0 aromatic heterocycles. The molecule has 1 fully saturated rings. The summed E-state index contributed by atoms with van der Waals surface area (Å²) in [5.74, 6) is -0.105. The lowest BCUT2D eigenvalue weighted by Crippen LogP contribution is -2.51. The van der Waals surface area contributed by atoms with Crippen LogP contribution in [0.1, 0.15) is 66.2 Å². The normalized spacial score (nSPS) is 17.8. The van der Waals surface area contributed by atoms with E-state index in [2.05, 4.69) is 24.1 Å². The van der Waals surface area contributed by atoms with Crippen molar-refractivity contribution >= 4 is 5.97 Å². The van der Waals surface area contributed by atoms with Crippen molar-refractivity contribution in [2.24, 2.45) is 0 Å². The van der Waals surface area contributed by atoms with E-state index in [0.29, 0.717) is 6.61 Å². The lowest BCUT2D eigenvalue weighted by molar-refractivity contribution is -0.150. The average Bonchev–Trinajstić information content (AvgIpc) is 3.29. The summed E-state index contributed by atoms with van der Waals surface area (Å²) in [6.07, 6.45) is 6.83. The van der Waals surface area contributed by atoms with E-state index in [4.69, 9.17) is 4.74 Å². The molecular formula is C17H34N2O2. The highest BCUT2D eigenvalue weighted by atomic mass is 16.5. The van der Waals surface area contributed by atoms with E-state index in [1.54, 1.807) is 0 Å². The van der Waals surface area contributed by atoms with Crippen molar-refractivity contribution in [3.63, 3.8) is 0 Å². The average molecular weight is 298 g/mol. The Labute approximate surface area is 130 Å². The standard InChI is InChI=1S/C17H34N2O2/c1-5-12-18-17(4,16(20)21-7-3)11-8-14-19(13-6-2)15-9-10-15/h15,18H,5-14H2,1-4H3. The Hall–Kier alpha value is -0.610. The summed E-state index contributed by atoms with van der Waals surface area (Å²) < 4.78 is 5.25. The van der Waals surface area contributed by atoms with Gasteiger partial charge in [-0.15, -0.1) is 0 Å². The summed E-state index contributed by atoms with van der Waals surface area (Å²) in [4.78, 5) is 14.8. The molecule has 1 N–H and O–H groups in total. The molecular weight excluding hydrogens is 264 g/mol. The van der Waals surface area contributed by atoms with Crippen molar-refractivity contribution < 1.29 is 9.53 Å². The van der Waals surface area contributed by atoms with Crippen molar-refractivity contribution in [1.82, 2.24) is 10.2 Å². The number of ether oxygens (including phenoxy) is 1. The lowest BCUT2D eigenvalue weighted by atomic mass is 9.95. The monoisotopic (exact) mass is 298 g/mol. The van der Waals surface area contributed by atoms with Crippen molar-refractivity contribution in [1.29, 1.82) is 0 Å². The zero-order valence-corrected chi connectivity index (χ0v) is 14.4. The second kappa shape index (κ2) is 9.42. The summed E-state index contributed by atoms with van der Waals surface area (Å²) in [7, 11) is 0. The summed E-state index contributed by atoms with van der Waals surface area (Å²) in [5, 5.41) is 3.39. The molecule has 0 aromatic rings. The molecule has 1 atom stereocenters. The van der Waals surface area contributed by atoms with Crippen LogP contribution >= 0.6 is 0 Å². The second-order valence-corrected chi connectivity index (χ2v) is 6.35. The summed E-state index contributed by atoms with van der Waals surface area (Å²) in [5.41, 5.74) is -0.534. The molecule has 1 aliphatic rings. The molecule has 0 heterocycles. The van der Waals surface area contributed by atoms with Gasteiger partial charge < -0.3 is 15.0 Å². The van der Waals surface area contributed by atoms with Gasteiger partial charge in [0.25, 0.3) is 0 Å². The summed E-state index contributed by atoms with van der Waals surface area (Å²) in [6.45, 7) is 11.8. The van der Waals surface area contributed by atoms with Crippen LogP contribution in [-0.2, 0) is 9.53 Å². The van der Waals surface area contributed by atoms with E-state index in [9.17, 15) is 4.79 Å². The number of nitrogens with zero attached hydrogens (tertiary/aromatic N) is 1. The van der Waals surface area contributed by atoms with Crippen LogP contribution in [0.2, 0.25) is 0 Å². The first-order chi connectivity index (χ1) is 10.1. The Morgan fingerprint density at radius 3 is 2.48 bits per heavy atom. The van der Waals surface area contributed by atoms with Crippen molar-refractivity contribution in [3.05, 3.63) is 0 Å². The van der Waals surface area contributed by atoms with Gasteiger partial charge in [0.1, 0.15) is 5.54 Å². The van der Waals surface area contributed by atoms with Gasteiger partial charge in [0.2, 0.25) is 0 Å². The van der Waals surface area contributed by atoms with Gasteiger partial charge in [-0.05, 0) is 72.0 Å². The van der Waals surface area contributed by atoms with Gasteiger partial charge in [0.15, 0.2) is 0 Å². The van der Waals surface area contributed by atoms with Crippen LogP contribution < -0.4 is 5.32 Å². The van der Waals surface area contributed by atoms with E-state index in [1.807, 2.05) is 13.8 Å². The number of hydrogen-bond acceptors (Lipinski definition) is 4. The third kappa shape index (κ3) is 6.35. The molecule has 124 valence electrons. The van der Waals surface area contributed by atoms with Crippen LogP contribution in [0.3, 0.4) is 0 Å². The number of hydrogen-bond donors (Lipinski definition) is 1. The van der Waals surface area contributed by atoms with E-state index in [1.165, 1.54) is 25.8 Å². The highest BCUT2D eigenvalue weighted by Crippen LogP contribution is 2.27. The van der Waals surface area contributed by atoms with Crippen LogP contribution in [-0.4, -0.2) is 48.7 Å². The van der Waals surface area contributed by atoms with E-state index in [0.717, 1.165) is 38.4 Å². The largest absolute Gasteiger partial charge is 0.465 e. The van der Waals surface area contributed by atoms with Crippen LogP contribution in [0, 0.1) is 0 Å². The van der Waals surface area contributed by atoms with E-state index >= 15 is 0 Å². The van der Waals surface area contributed by atoms with Crippen molar-refractivity contribution in [2.75, 3.05) is 26.2 Å². The number of nitrogens with one attached hydrogen (secondary N) is 1. The van der Waals surface area contributed by atoms with Crippen LogP contribution in [0.5, 0.6) is 0 Å². The molecule has 0 aromatic carbocycles. The fraction of sp³-hybridized carbons (Fsp3) is 0.941. The van der Waals surface area contributed by atoms with Crippen molar-refractivity contribution in [3.8, 4) is 0 Å². The van der Waals surface area contributed by atoms with E-state index < -0.39 is 5.54 Å². The molecule has 1 saturated carbocycles. The van der Waals surface area contributed by atoms with Gasteiger partial charge >= 0.3 is 5.97 Å². The summed E-state index contributed by atoms with van der Waals surface area (Å²) in [6, 6.07) is 0.808. The Kier molecular flexibility index (Phi) is 8.27. The first-order valence-corrected chi connectivity index (χ1v) is 8.73. The fourth-order valence-electron chi connectivity index (χ4n) is 2.79. The molecule has 1 unspecified atom stereocenters. The van der Waals surface area contributed by atoms with Crippen molar-refractivity contribution in [2.45, 2.75) is 77.8 Å². The molecule has 0 radical (unpaired) electrons. The molecule has 21 heavy (non-hydrogen) atoms. The molecule has 1 rings (SSSR count). The maximum atomic E-state index is 12.2. The van der Waals surface area contributed by atoms with E-state index in [-0.39, 0.29) is 5.97 Å². The van der Waals surface area contributed by atoms with Gasteiger partial charge in [0, 0.05) is 6.04 Å². The van der Waals surface area contributed by atoms with Gasteiger partial charge in [-0.25, -0.2) is 0 Å². The van der Waals surface area contributed by atoms with Crippen LogP contribution in [0.4, 0.5) is 0 Å². The SMILES string of the molecule is CCCNC(C)(CCCN(CCC)C1CC1)C(=O)OCC. The highest BCUT2D eigenvalue weighted by Gasteiger charge is 2.34. The topological polar surface area (TPSA) is 41.6 Å². The maximum Gasteiger partial charge on any atom is 0.326 e. The lowest BCUT2D eigenvalue weighted by Gasteiger charge is -2.30. The molecule has 0 saturated heterocycles. The second-order valence-electron chi connectivity index (χ2n) is 6.35. The predicted molar refractivity (Wildman–Crippen MR) is 87.5 cm³/mol. The molecule has 0 aliphatic heterocycles. The first-order valence-electron chi connectivity index (χ1n) is 8.73. The minimum atomic E-state index is -0.534. The van der Waals surface area contributed by atoms with Crippen LogP contribution in [0.25, 0.3) is 0 Å². The number of carbonyl (C=O) groups excluding carboxylic acids is 1. The summed E-state index contributed by atoms with van der Waals surface area (Å²) >= 11 is 0. The van der Waals surface area contributed by atoms with Gasteiger partial charge in [0.05, 0.1) is 6.61 Å². The molecule has 0 amide bonds. The zero-order valence-electron chi connectivity index (χ0n) is 14.4. The minimum Gasteiger partial charge on any atom is -0.465 e. The highest BCUT2D eigenvalue weighted by molar-refractivity contribution is 5.80. The van der Waals surface area contributed by atoms with Crippen LogP contribution in [0.15, 0.2) is 0 Å². The molecule has 4 heteroatoms. The van der Waals surface area contributed by atoms with Gasteiger partial charge in [-0.1, -0.05) is 13.8 Å². The quantitative estimate of drug-likeness (QED) is 0.562. The number of esters is 1. The smallest absolute Gasteiger partial charge is 0.326 e. The van der Waals surface area contributed by atoms with Gasteiger partial charge in [-0.3, -0.25) is 4.79 Å². The Balaban J connectivity index is 2.45. The first kappa shape index (κ1) is 18.4. The zero-order chi connectivity index (χ0) is 15.7. The Morgan fingerprint density at radius 1 is 1.24 bits per heavy atom. The fourth-order valence-corrected chi connectivity index (χ4v) is 2.79. The number of carbonyl (C=O) groups is 1. The molecule has 1 aliphatic carbocycles. The third-order valence-corrected chi connectivity index (χ3v) is 4.19.